The average Bonchev–Trinajstić information content (AvgIpc) is 3.03. The summed E-state index contributed by atoms with van der Waals surface area (Å²) in [6.45, 7) is 0. The lowest BCUT2D eigenvalue weighted by atomic mass is 10.1. The van der Waals surface area contributed by atoms with Gasteiger partial charge in [-0.25, -0.2) is 5.43 Å². The van der Waals surface area contributed by atoms with E-state index in [1.54, 1.807) is 36.6 Å². The van der Waals surface area contributed by atoms with Crippen molar-refractivity contribution in [2.24, 2.45) is 5.10 Å². The van der Waals surface area contributed by atoms with Gasteiger partial charge in [0.15, 0.2) is 5.76 Å². The zero-order valence-electron chi connectivity index (χ0n) is 9.76. The number of rotatable bonds is 2. The summed E-state index contributed by atoms with van der Waals surface area (Å²) in [7, 11) is 0. The first-order valence-corrected chi connectivity index (χ1v) is 6.01. The van der Waals surface area contributed by atoms with E-state index in [0.717, 1.165) is 5.56 Å². The van der Waals surface area contributed by atoms with E-state index < -0.39 is 0 Å². The number of hydrazone groups is 1. The molecule has 1 N–H and O–H groups in total. The minimum Gasteiger partial charge on any atom is -0.463 e. The number of carbonyl (C=O) groups excluding carboxylic acids is 1. The third-order valence-corrected chi connectivity index (χ3v) is 2.96. The smallest absolute Gasteiger partial charge is 0.273 e. The molecular weight excluding hydrogens is 264 g/mol. The molecule has 1 aliphatic heterocycles. The monoisotopic (exact) mass is 272 g/mol. The third kappa shape index (κ3) is 2.30. The van der Waals surface area contributed by atoms with Gasteiger partial charge in [0.05, 0.1) is 11.8 Å². The van der Waals surface area contributed by atoms with Crippen LogP contribution in [0.1, 0.15) is 11.3 Å². The van der Waals surface area contributed by atoms with Crippen molar-refractivity contribution in [1.29, 1.82) is 0 Å². The Balaban J connectivity index is 2.00. The van der Waals surface area contributed by atoms with Gasteiger partial charge >= 0.3 is 0 Å². The summed E-state index contributed by atoms with van der Waals surface area (Å²) in [5.41, 5.74) is 4.28. The average molecular weight is 273 g/mol. The maximum atomic E-state index is 11.8. The maximum absolute atomic E-state index is 11.8. The molecule has 19 heavy (non-hydrogen) atoms. The number of carbonyl (C=O) groups is 1. The highest BCUT2D eigenvalue weighted by Crippen LogP contribution is 2.19. The molecule has 0 bridgehead atoms. The number of nitrogens with zero attached hydrogens (tertiary/aromatic N) is 1. The summed E-state index contributed by atoms with van der Waals surface area (Å²) < 4.78 is 5.27. The number of furan rings is 1. The first-order valence-electron chi connectivity index (χ1n) is 5.63. The van der Waals surface area contributed by atoms with Crippen molar-refractivity contribution in [1.82, 2.24) is 5.43 Å². The van der Waals surface area contributed by atoms with E-state index in [-0.39, 0.29) is 5.91 Å². The van der Waals surface area contributed by atoms with Crippen LogP contribution in [0.5, 0.6) is 0 Å². The predicted octanol–water partition coefficient (Wildman–Crippen LogP) is 2.85. The van der Waals surface area contributed by atoms with Gasteiger partial charge in [-0.15, -0.1) is 0 Å². The van der Waals surface area contributed by atoms with Crippen molar-refractivity contribution in [3.8, 4) is 0 Å². The summed E-state index contributed by atoms with van der Waals surface area (Å²) in [6.07, 6.45) is 3.29. The van der Waals surface area contributed by atoms with Crippen LogP contribution < -0.4 is 5.43 Å². The van der Waals surface area contributed by atoms with Crippen molar-refractivity contribution >= 4 is 29.3 Å². The van der Waals surface area contributed by atoms with E-state index in [4.69, 9.17) is 16.0 Å². The fraction of sp³-hybridized carbons (Fsp3) is 0. The van der Waals surface area contributed by atoms with Crippen molar-refractivity contribution in [3.05, 3.63) is 64.6 Å². The molecule has 1 aromatic carbocycles. The number of nitrogens with one attached hydrogen (secondary N) is 1. The second-order valence-electron chi connectivity index (χ2n) is 3.99. The Morgan fingerprint density at radius 1 is 1.21 bits per heavy atom. The first kappa shape index (κ1) is 11.7. The summed E-state index contributed by atoms with van der Waals surface area (Å²) in [5, 5.41) is 4.63. The zero-order valence-corrected chi connectivity index (χ0v) is 10.5. The topological polar surface area (TPSA) is 54.6 Å². The number of halogens is 1. The molecule has 1 aliphatic rings. The number of amides is 1. The SMILES string of the molecule is O=C1NN=C(c2ccco2)/C1=C/c1ccc(Cl)cc1. The van der Waals surface area contributed by atoms with E-state index in [0.29, 0.717) is 22.1 Å². The molecular formula is C14H9ClN2O2. The largest absolute Gasteiger partial charge is 0.463 e. The van der Waals surface area contributed by atoms with Crippen molar-refractivity contribution in [2.45, 2.75) is 0 Å². The van der Waals surface area contributed by atoms with Gasteiger partial charge in [-0.1, -0.05) is 23.7 Å². The summed E-state index contributed by atoms with van der Waals surface area (Å²) >= 11 is 5.83. The lowest BCUT2D eigenvalue weighted by Gasteiger charge is -1.99. The summed E-state index contributed by atoms with van der Waals surface area (Å²) in [6, 6.07) is 10.7. The van der Waals surface area contributed by atoms with E-state index in [9.17, 15) is 4.79 Å². The maximum Gasteiger partial charge on any atom is 0.273 e. The van der Waals surface area contributed by atoms with Gasteiger partial charge in [0, 0.05) is 5.02 Å². The molecule has 1 amide bonds. The Kier molecular flexibility index (Phi) is 2.93. The lowest BCUT2D eigenvalue weighted by Crippen LogP contribution is -2.13. The first-order chi connectivity index (χ1) is 9.24. The van der Waals surface area contributed by atoms with Crippen molar-refractivity contribution < 1.29 is 9.21 Å². The summed E-state index contributed by atoms with van der Waals surface area (Å²) in [4.78, 5) is 11.8. The standard InChI is InChI=1S/C14H9ClN2O2/c15-10-5-3-9(4-6-10)8-11-13(16-17-14(11)18)12-2-1-7-19-12/h1-8H,(H,17,18)/b11-8-. The number of benzene rings is 1. The normalized spacial score (nSPS) is 16.6. The Hall–Kier alpha value is -2.33. The second-order valence-corrected chi connectivity index (χ2v) is 4.42. The van der Waals surface area contributed by atoms with E-state index in [1.807, 2.05) is 12.1 Å². The molecule has 0 fully saturated rings. The molecule has 1 aromatic heterocycles. The van der Waals surface area contributed by atoms with Crippen LogP contribution in [-0.2, 0) is 4.79 Å². The Labute approximate surface area is 114 Å². The minimum atomic E-state index is -0.249. The second kappa shape index (κ2) is 4.74. The van der Waals surface area contributed by atoms with Crippen molar-refractivity contribution in [2.75, 3.05) is 0 Å². The van der Waals surface area contributed by atoms with E-state index >= 15 is 0 Å². The molecule has 5 heteroatoms. The Bertz CT molecular complexity index is 670. The van der Waals surface area contributed by atoms with Gasteiger partial charge in [0.1, 0.15) is 5.71 Å². The predicted molar refractivity (Wildman–Crippen MR) is 72.8 cm³/mol. The van der Waals surface area contributed by atoms with Gasteiger partial charge in [-0.05, 0) is 35.9 Å². The fourth-order valence-corrected chi connectivity index (χ4v) is 1.92. The van der Waals surface area contributed by atoms with Gasteiger partial charge in [0.2, 0.25) is 0 Å². The third-order valence-electron chi connectivity index (χ3n) is 2.70. The molecule has 0 saturated carbocycles. The fourth-order valence-electron chi connectivity index (χ4n) is 1.80. The molecule has 0 radical (unpaired) electrons. The number of hydrogen-bond acceptors (Lipinski definition) is 3. The van der Waals surface area contributed by atoms with Gasteiger partial charge in [-0.2, -0.15) is 5.10 Å². The van der Waals surface area contributed by atoms with Gasteiger partial charge in [0.25, 0.3) is 5.91 Å². The molecule has 0 atom stereocenters. The van der Waals surface area contributed by atoms with Crippen LogP contribution in [0, 0.1) is 0 Å². The Morgan fingerprint density at radius 2 is 2.00 bits per heavy atom. The van der Waals surface area contributed by atoms with E-state index in [1.165, 1.54) is 0 Å². The zero-order chi connectivity index (χ0) is 13.2. The molecule has 0 saturated heterocycles. The molecule has 94 valence electrons. The van der Waals surface area contributed by atoms with Gasteiger partial charge < -0.3 is 4.42 Å². The molecule has 0 unspecified atom stereocenters. The molecule has 2 aromatic rings. The van der Waals surface area contributed by atoms with Crippen LogP contribution in [-0.4, -0.2) is 11.6 Å². The van der Waals surface area contributed by atoms with Crippen LogP contribution in [0.4, 0.5) is 0 Å². The number of hydrogen-bond donors (Lipinski definition) is 1. The van der Waals surface area contributed by atoms with Gasteiger partial charge in [-0.3, -0.25) is 4.79 Å². The lowest BCUT2D eigenvalue weighted by molar-refractivity contribution is -0.116. The van der Waals surface area contributed by atoms with E-state index in [2.05, 4.69) is 10.5 Å². The molecule has 4 nitrogen and oxygen atoms in total. The Morgan fingerprint density at radius 3 is 2.68 bits per heavy atom. The molecule has 2 heterocycles. The molecule has 0 spiro atoms. The van der Waals surface area contributed by atoms with Crippen LogP contribution in [0.3, 0.4) is 0 Å². The molecule has 0 aliphatic carbocycles. The highest BCUT2D eigenvalue weighted by Gasteiger charge is 2.25. The highest BCUT2D eigenvalue weighted by molar-refractivity contribution is 6.32. The van der Waals surface area contributed by atoms with Crippen LogP contribution in [0.25, 0.3) is 6.08 Å². The van der Waals surface area contributed by atoms with Crippen LogP contribution in [0.15, 0.2) is 57.8 Å². The molecule has 3 rings (SSSR count). The highest BCUT2D eigenvalue weighted by atomic mass is 35.5. The quantitative estimate of drug-likeness (QED) is 0.855. The minimum absolute atomic E-state index is 0.249. The van der Waals surface area contributed by atoms with Crippen LogP contribution >= 0.6 is 11.6 Å². The van der Waals surface area contributed by atoms with Crippen LogP contribution in [0.2, 0.25) is 5.02 Å². The van der Waals surface area contributed by atoms with Crippen molar-refractivity contribution in [3.63, 3.8) is 0 Å². The summed E-state index contributed by atoms with van der Waals surface area (Å²) in [5.74, 6) is 0.305.